The lowest BCUT2D eigenvalue weighted by molar-refractivity contribution is 0.150. The van der Waals surface area contributed by atoms with Gasteiger partial charge >= 0.3 is 0 Å². The molecule has 1 aromatic rings. The molecule has 1 aliphatic rings. The molecule has 0 bridgehead atoms. The average Bonchev–Trinajstić information content (AvgIpc) is 2.17. The molecule has 2 nitrogen and oxygen atoms in total. The molecule has 0 radical (unpaired) electrons. The summed E-state index contributed by atoms with van der Waals surface area (Å²) in [7, 11) is 0. The van der Waals surface area contributed by atoms with E-state index >= 15 is 0 Å². The molecule has 0 aliphatic carbocycles. The number of ether oxygens (including phenoxy) is 1. The highest BCUT2D eigenvalue weighted by Gasteiger charge is 2.34. The number of nitrogens with two attached hydrogens (primary N) is 1. The van der Waals surface area contributed by atoms with E-state index in [9.17, 15) is 0 Å². The zero-order valence-corrected chi connectivity index (χ0v) is 8.79. The van der Waals surface area contributed by atoms with Gasteiger partial charge in [-0.05, 0) is 24.0 Å². The Kier molecular flexibility index (Phi) is 2.23. The summed E-state index contributed by atoms with van der Waals surface area (Å²) >= 11 is 0. The van der Waals surface area contributed by atoms with Crippen molar-refractivity contribution in [1.29, 1.82) is 0 Å². The minimum Gasteiger partial charge on any atom is -0.491 e. The molecule has 1 heterocycles. The van der Waals surface area contributed by atoms with E-state index in [4.69, 9.17) is 10.5 Å². The van der Waals surface area contributed by atoms with Gasteiger partial charge in [-0.1, -0.05) is 32.0 Å². The van der Waals surface area contributed by atoms with Crippen molar-refractivity contribution in [3.63, 3.8) is 0 Å². The fourth-order valence-corrected chi connectivity index (χ4v) is 1.78. The Labute approximate surface area is 85.1 Å². The molecule has 2 heteroatoms. The molecule has 0 fully saturated rings. The predicted octanol–water partition coefficient (Wildman–Crippen LogP) is 1.97. The number of hydrogen-bond acceptors (Lipinski definition) is 2. The number of fused-ring (bicyclic) bond motifs is 1. The quantitative estimate of drug-likeness (QED) is 0.736. The van der Waals surface area contributed by atoms with Gasteiger partial charge in [-0.3, -0.25) is 0 Å². The fourth-order valence-electron chi connectivity index (χ4n) is 1.78. The molecule has 76 valence electrons. The molecular formula is C12H17NO. The van der Waals surface area contributed by atoms with Gasteiger partial charge in [0.15, 0.2) is 0 Å². The van der Waals surface area contributed by atoms with Crippen molar-refractivity contribution < 1.29 is 4.74 Å². The van der Waals surface area contributed by atoms with Crippen LogP contribution in [0.4, 0.5) is 0 Å². The van der Waals surface area contributed by atoms with Crippen molar-refractivity contribution in [3.8, 4) is 5.75 Å². The van der Waals surface area contributed by atoms with Crippen LogP contribution in [0.2, 0.25) is 0 Å². The second-order valence-corrected chi connectivity index (χ2v) is 4.46. The summed E-state index contributed by atoms with van der Waals surface area (Å²) < 4.78 is 5.68. The molecule has 1 atom stereocenters. The second kappa shape index (κ2) is 3.28. The van der Waals surface area contributed by atoms with E-state index in [1.165, 1.54) is 5.56 Å². The summed E-state index contributed by atoms with van der Waals surface area (Å²) in [6.45, 7) is 4.93. The maximum absolute atomic E-state index is 6.29. The highest BCUT2D eigenvalue weighted by molar-refractivity contribution is 5.37. The van der Waals surface area contributed by atoms with E-state index in [0.29, 0.717) is 12.5 Å². The van der Waals surface area contributed by atoms with Crippen LogP contribution in [0.5, 0.6) is 5.75 Å². The lowest BCUT2D eigenvalue weighted by Gasteiger charge is -2.37. The topological polar surface area (TPSA) is 35.2 Å². The summed E-state index contributed by atoms with van der Waals surface area (Å²) in [5.41, 5.74) is 7.32. The third-order valence-corrected chi connectivity index (χ3v) is 3.14. The van der Waals surface area contributed by atoms with Gasteiger partial charge in [-0.2, -0.15) is 0 Å². The van der Waals surface area contributed by atoms with Crippen molar-refractivity contribution in [2.45, 2.75) is 25.8 Å². The van der Waals surface area contributed by atoms with Gasteiger partial charge in [0.2, 0.25) is 0 Å². The molecule has 0 saturated heterocycles. The summed E-state index contributed by atoms with van der Waals surface area (Å²) in [4.78, 5) is 0. The Balaban J connectivity index is 2.29. The molecular weight excluding hydrogens is 174 g/mol. The van der Waals surface area contributed by atoms with Crippen molar-refractivity contribution in [1.82, 2.24) is 0 Å². The Morgan fingerprint density at radius 1 is 1.36 bits per heavy atom. The van der Waals surface area contributed by atoms with Crippen LogP contribution in [0, 0.1) is 5.92 Å². The van der Waals surface area contributed by atoms with E-state index in [0.717, 1.165) is 12.2 Å². The molecule has 1 unspecified atom stereocenters. The molecule has 2 N–H and O–H groups in total. The van der Waals surface area contributed by atoms with Crippen LogP contribution < -0.4 is 10.5 Å². The van der Waals surface area contributed by atoms with Crippen LogP contribution in [-0.2, 0) is 6.42 Å². The largest absolute Gasteiger partial charge is 0.491 e. The van der Waals surface area contributed by atoms with Gasteiger partial charge in [0.05, 0.1) is 5.54 Å². The maximum Gasteiger partial charge on any atom is 0.122 e. The van der Waals surface area contributed by atoms with Gasteiger partial charge in [-0.25, -0.2) is 0 Å². The van der Waals surface area contributed by atoms with Crippen LogP contribution >= 0.6 is 0 Å². The first kappa shape index (κ1) is 9.53. The lowest BCUT2D eigenvalue weighted by Crippen LogP contribution is -2.54. The predicted molar refractivity (Wildman–Crippen MR) is 57.4 cm³/mol. The third-order valence-electron chi connectivity index (χ3n) is 3.14. The van der Waals surface area contributed by atoms with Gasteiger partial charge in [0.1, 0.15) is 12.4 Å². The van der Waals surface area contributed by atoms with Crippen LogP contribution in [0.3, 0.4) is 0 Å². The van der Waals surface area contributed by atoms with Crippen LogP contribution in [0.1, 0.15) is 19.4 Å². The third kappa shape index (κ3) is 1.50. The minimum absolute atomic E-state index is 0.200. The molecule has 0 amide bonds. The first-order valence-corrected chi connectivity index (χ1v) is 5.11. The summed E-state index contributed by atoms with van der Waals surface area (Å²) in [5, 5.41) is 0. The normalized spacial score (nSPS) is 25.7. The van der Waals surface area contributed by atoms with Gasteiger partial charge in [-0.15, -0.1) is 0 Å². The van der Waals surface area contributed by atoms with Crippen molar-refractivity contribution in [3.05, 3.63) is 29.8 Å². The van der Waals surface area contributed by atoms with Crippen LogP contribution in [0.15, 0.2) is 24.3 Å². The number of rotatable bonds is 1. The van der Waals surface area contributed by atoms with Gasteiger partial charge in [0, 0.05) is 0 Å². The smallest absolute Gasteiger partial charge is 0.122 e. The van der Waals surface area contributed by atoms with Crippen LogP contribution in [0.25, 0.3) is 0 Å². The minimum atomic E-state index is -0.200. The first-order valence-electron chi connectivity index (χ1n) is 5.11. The number of para-hydroxylation sites is 1. The average molecular weight is 191 g/mol. The standard InChI is InChI=1S/C12H17NO/c1-9(2)12(13)7-10-5-3-4-6-11(10)14-8-12/h3-6,9H,7-8,13H2,1-2H3. The van der Waals surface area contributed by atoms with Crippen molar-refractivity contribution in [2.75, 3.05) is 6.61 Å². The zero-order valence-electron chi connectivity index (χ0n) is 8.79. The summed E-state index contributed by atoms with van der Waals surface area (Å²) in [5.74, 6) is 1.44. The number of hydrogen-bond donors (Lipinski definition) is 1. The summed E-state index contributed by atoms with van der Waals surface area (Å²) in [6.07, 6.45) is 0.918. The second-order valence-electron chi connectivity index (χ2n) is 4.46. The zero-order chi connectivity index (χ0) is 10.2. The lowest BCUT2D eigenvalue weighted by atomic mass is 9.81. The molecule has 14 heavy (non-hydrogen) atoms. The fraction of sp³-hybridized carbons (Fsp3) is 0.500. The SMILES string of the molecule is CC(C)C1(N)COc2ccccc2C1. The van der Waals surface area contributed by atoms with E-state index in [-0.39, 0.29) is 5.54 Å². The van der Waals surface area contributed by atoms with Gasteiger partial charge in [0.25, 0.3) is 0 Å². The monoisotopic (exact) mass is 191 g/mol. The van der Waals surface area contributed by atoms with Crippen molar-refractivity contribution >= 4 is 0 Å². The Hall–Kier alpha value is -1.02. The first-order chi connectivity index (χ1) is 6.62. The Bertz CT molecular complexity index is 335. The highest BCUT2D eigenvalue weighted by Crippen LogP contribution is 2.31. The van der Waals surface area contributed by atoms with Crippen LogP contribution in [-0.4, -0.2) is 12.1 Å². The molecule has 1 aliphatic heterocycles. The molecule has 2 rings (SSSR count). The van der Waals surface area contributed by atoms with E-state index < -0.39 is 0 Å². The van der Waals surface area contributed by atoms with E-state index in [1.807, 2.05) is 18.2 Å². The van der Waals surface area contributed by atoms with Gasteiger partial charge < -0.3 is 10.5 Å². The highest BCUT2D eigenvalue weighted by atomic mass is 16.5. The molecule has 0 saturated carbocycles. The Morgan fingerprint density at radius 3 is 2.79 bits per heavy atom. The molecule has 0 spiro atoms. The van der Waals surface area contributed by atoms with E-state index in [1.54, 1.807) is 0 Å². The maximum atomic E-state index is 6.29. The molecule has 1 aromatic carbocycles. The van der Waals surface area contributed by atoms with E-state index in [2.05, 4.69) is 19.9 Å². The number of benzene rings is 1. The Morgan fingerprint density at radius 2 is 2.07 bits per heavy atom. The van der Waals surface area contributed by atoms with Crippen molar-refractivity contribution in [2.24, 2.45) is 11.7 Å². The molecule has 0 aromatic heterocycles. The summed E-state index contributed by atoms with van der Waals surface area (Å²) in [6, 6.07) is 8.14.